The second-order valence-electron chi connectivity index (χ2n) is 6.19. The highest BCUT2D eigenvalue weighted by atomic mass is 19.4. The molecule has 5 nitrogen and oxygen atoms in total. The SMILES string of the molecule is CCNC(=O)c1ccc(N2CCOC(c3ccc(C(F)(F)F)cc3)C2)nc1. The quantitative estimate of drug-likeness (QED) is 0.884. The van der Waals surface area contributed by atoms with Crippen LogP contribution in [0.15, 0.2) is 42.6 Å². The van der Waals surface area contributed by atoms with Crippen molar-refractivity contribution in [1.82, 2.24) is 10.3 Å². The van der Waals surface area contributed by atoms with Crippen molar-refractivity contribution in [2.24, 2.45) is 0 Å². The van der Waals surface area contributed by atoms with Crippen molar-refractivity contribution in [2.45, 2.75) is 19.2 Å². The lowest BCUT2D eigenvalue weighted by Crippen LogP contribution is -2.38. The van der Waals surface area contributed by atoms with Gasteiger partial charge in [0.2, 0.25) is 0 Å². The number of aromatic nitrogens is 1. The zero-order chi connectivity index (χ0) is 19.4. The van der Waals surface area contributed by atoms with Gasteiger partial charge in [0.15, 0.2) is 0 Å². The number of ether oxygens (including phenoxy) is 1. The molecule has 2 aromatic rings. The third-order valence-corrected chi connectivity index (χ3v) is 4.35. The highest BCUT2D eigenvalue weighted by Gasteiger charge is 2.31. The van der Waals surface area contributed by atoms with Crippen molar-refractivity contribution in [1.29, 1.82) is 0 Å². The fraction of sp³-hybridized carbons (Fsp3) is 0.368. The number of alkyl halides is 3. The number of hydrogen-bond donors (Lipinski definition) is 1. The molecule has 1 fully saturated rings. The first kappa shape index (κ1) is 19.2. The predicted octanol–water partition coefficient (Wildman–Crippen LogP) is 3.43. The first-order valence-electron chi connectivity index (χ1n) is 8.66. The monoisotopic (exact) mass is 379 g/mol. The molecular weight excluding hydrogens is 359 g/mol. The number of nitrogens with zero attached hydrogens (tertiary/aromatic N) is 2. The molecule has 1 N–H and O–H groups in total. The third-order valence-electron chi connectivity index (χ3n) is 4.35. The maximum absolute atomic E-state index is 12.7. The summed E-state index contributed by atoms with van der Waals surface area (Å²) in [7, 11) is 0. The van der Waals surface area contributed by atoms with Crippen LogP contribution in [0.5, 0.6) is 0 Å². The zero-order valence-electron chi connectivity index (χ0n) is 14.8. The van der Waals surface area contributed by atoms with Crippen LogP contribution in [0, 0.1) is 0 Å². The van der Waals surface area contributed by atoms with Crippen LogP contribution < -0.4 is 10.2 Å². The van der Waals surface area contributed by atoms with E-state index in [2.05, 4.69) is 10.3 Å². The summed E-state index contributed by atoms with van der Waals surface area (Å²) in [5.41, 5.74) is 0.487. The van der Waals surface area contributed by atoms with Crippen LogP contribution in [0.25, 0.3) is 0 Å². The Bertz CT molecular complexity index is 776. The van der Waals surface area contributed by atoms with Crippen molar-refractivity contribution >= 4 is 11.7 Å². The normalized spacial score (nSPS) is 17.6. The minimum Gasteiger partial charge on any atom is -0.370 e. The molecule has 1 unspecified atom stereocenters. The molecule has 1 aliphatic rings. The lowest BCUT2D eigenvalue weighted by molar-refractivity contribution is -0.137. The number of pyridine rings is 1. The number of hydrogen-bond acceptors (Lipinski definition) is 4. The van der Waals surface area contributed by atoms with E-state index in [1.807, 2.05) is 11.8 Å². The summed E-state index contributed by atoms with van der Waals surface area (Å²) < 4.78 is 43.8. The van der Waals surface area contributed by atoms with Gasteiger partial charge in [0.25, 0.3) is 5.91 Å². The van der Waals surface area contributed by atoms with Crippen LogP contribution in [-0.2, 0) is 10.9 Å². The van der Waals surface area contributed by atoms with Crippen LogP contribution in [0.4, 0.5) is 19.0 Å². The topological polar surface area (TPSA) is 54.5 Å². The maximum Gasteiger partial charge on any atom is 0.416 e. The number of anilines is 1. The molecule has 2 heterocycles. The standard InChI is InChI=1S/C19H20F3N3O2/c1-2-23-18(26)14-5-8-17(24-11-14)25-9-10-27-16(12-25)13-3-6-15(7-4-13)19(20,21)22/h3-8,11,16H,2,9-10,12H2,1H3,(H,23,26). The third kappa shape index (κ3) is 4.57. The fourth-order valence-electron chi connectivity index (χ4n) is 2.92. The van der Waals surface area contributed by atoms with E-state index in [1.165, 1.54) is 18.3 Å². The highest BCUT2D eigenvalue weighted by molar-refractivity contribution is 5.94. The number of amides is 1. The lowest BCUT2D eigenvalue weighted by Gasteiger charge is -2.34. The summed E-state index contributed by atoms with van der Waals surface area (Å²) in [6.07, 6.45) is -3.18. The van der Waals surface area contributed by atoms with E-state index in [0.717, 1.165) is 12.1 Å². The lowest BCUT2D eigenvalue weighted by atomic mass is 10.1. The number of morpholine rings is 1. The van der Waals surface area contributed by atoms with Crippen LogP contribution in [0.1, 0.15) is 34.5 Å². The molecule has 8 heteroatoms. The zero-order valence-corrected chi connectivity index (χ0v) is 14.8. The van der Waals surface area contributed by atoms with Gasteiger partial charge in [-0.15, -0.1) is 0 Å². The largest absolute Gasteiger partial charge is 0.416 e. The highest BCUT2D eigenvalue weighted by Crippen LogP contribution is 2.31. The molecule has 0 radical (unpaired) electrons. The van der Waals surface area contributed by atoms with Crippen LogP contribution in [0.2, 0.25) is 0 Å². The summed E-state index contributed by atoms with van der Waals surface area (Å²) in [4.78, 5) is 18.1. The molecule has 3 rings (SSSR count). The molecule has 1 amide bonds. The predicted molar refractivity (Wildman–Crippen MR) is 94.6 cm³/mol. The van der Waals surface area contributed by atoms with Gasteiger partial charge in [-0.2, -0.15) is 13.2 Å². The molecule has 144 valence electrons. The Balaban J connectivity index is 1.70. The number of rotatable bonds is 4. The Morgan fingerprint density at radius 2 is 2.00 bits per heavy atom. The van der Waals surface area contributed by atoms with Gasteiger partial charge in [0.1, 0.15) is 11.9 Å². The van der Waals surface area contributed by atoms with Crippen molar-refractivity contribution < 1.29 is 22.7 Å². The van der Waals surface area contributed by atoms with E-state index < -0.39 is 11.7 Å². The minimum atomic E-state index is -4.35. The van der Waals surface area contributed by atoms with E-state index >= 15 is 0 Å². The average Bonchev–Trinajstić information content (AvgIpc) is 2.68. The Hall–Kier alpha value is -2.61. The Morgan fingerprint density at radius 1 is 1.26 bits per heavy atom. The number of benzene rings is 1. The van der Waals surface area contributed by atoms with Gasteiger partial charge in [0, 0.05) is 25.8 Å². The van der Waals surface area contributed by atoms with E-state index in [4.69, 9.17) is 4.74 Å². The van der Waals surface area contributed by atoms with Gasteiger partial charge in [-0.1, -0.05) is 12.1 Å². The Kier molecular flexibility index (Phi) is 5.65. The minimum absolute atomic E-state index is 0.179. The van der Waals surface area contributed by atoms with Crippen molar-refractivity contribution in [2.75, 3.05) is 31.1 Å². The van der Waals surface area contributed by atoms with Gasteiger partial charge in [0.05, 0.1) is 17.7 Å². The van der Waals surface area contributed by atoms with Crippen LogP contribution >= 0.6 is 0 Å². The molecule has 1 saturated heterocycles. The van der Waals surface area contributed by atoms with Crippen molar-refractivity contribution in [3.05, 3.63) is 59.3 Å². The average molecular weight is 379 g/mol. The summed E-state index contributed by atoms with van der Waals surface area (Å²) in [6.45, 7) is 3.91. The first-order valence-corrected chi connectivity index (χ1v) is 8.66. The second kappa shape index (κ2) is 7.96. The molecule has 1 aliphatic heterocycles. The summed E-state index contributed by atoms with van der Waals surface area (Å²) >= 11 is 0. The number of carbonyl (C=O) groups is 1. The van der Waals surface area contributed by atoms with E-state index in [1.54, 1.807) is 12.1 Å². The number of nitrogens with one attached hydrogen (secondary N) is 1. The Morgan fingerprint density at radius 3 is 2.59 bits per heavy atom. The van der Waals surface area contributed by atoms with E-state index in [-0.39, 0.29) is 12.0 Å². The summed E-state index contributed by atoms with van der Waals surface area (Å²) in [5.74, 6) is 0.518. The molecule has 0 aliphatic carbocycles. The maximum atomic E-state index is 12.7. The van der Waals surface area contributed by atoms with E-state index in [0.29, 0.717) is 43.2 Å². The molecule has 0 saturated carbocycles. The van der Waals surface area contributed by atoms with Crippen molar-refractivity contribution in [3.8, 4) is 0 Å². The molecule has 1 aromatic heterocycles. The smallest absolute Gasteiger partial charge is 0.370 e. The van der Waals surface area contributed by atoms with Crippen LogP contribution in [0.3, 0.4) is 0 Å². The Labute approximate surface area is 155 Å². The van der Waals surface area contributed by atoms with E-state index in [9.17, 15) is 18.0 Å². The van der Waals surface area contributed by atoms with Gasteiger partial charge < -0.3 is 15.0 Å². The van der Waals surface area contributed by atoms with Gasteiger partial charge in [-0.05, 0) is 36.8 Å². The number of carbonyl (C=O) groups excluding carboxylic acids is 1. The van der Waals surface area contributed by atoms with Crippen molar-refractivity contribution in [3.63, 3.8) is 0 Å². The summed E-state index contributed by atoms with van der Waals surface area (Å²) in [6, 6.07) is 8.49. The van der Waals surface area contributed by atoms with Gasteiger partial charge >= 0.3 is 6.18 Å². The van der Waals surface area contributed by atoms with Gasteiger partial charge in [-0.3, -0.25) is 4.79 Å². The molecule has 1 atom stereocenters. The first-order chi connectivity index (χ1) is 12.9. The molecular formula is C19H20F3N3O2. The van der Waals surface area contributed by atoms with Gasteiger partial charge in [-0.25, -0.2) is 4.98 Å². The fourth-order valence-corrected chi connectivity index (χ4v) is 2.92. The second-order valence-corrected chi connectivity index (χ2v) is 6.19. The molecule has 1 aromatic carbocycles. The molecule has 0 spiro atoms. The van der Waals surface area contributed by atoms with Crippen LogP contribution in [-0.4, -0.2) is 37.1 Å². The summed E-state index contributed by atoms with van der Waals surface area (Å²) in [5, 5.41) is 2.71. The molecule has 27 heavy (non-hydrogen) atoms. The molecule has 0 bridgehead atoms. The number of halogens is 3.